The molecule has 92 valence electrons. The van der Waals surface area contributed by atoms with Gasteiger partial charge in [0, 0.05) is 5.56 Å². The molecule has 1 amide bonds. The Balaban J connectivity index is 0.000000317. The number of nitrogens with two attached hydrogens (primary N) is 2. The smallest absolute Gasteiger partial charge is 0.423 e. The van der Waals surface area contributed by atoms with Crippen molar-refractivity contribution in [2.24, 2.45) is 11.5 Å². The van der Waals surface area contributed by atoms with E-state index in [0.29, 0.717) is 17.6 Å². The fraction of sp³-hybridized carbons (Fsp3) is 0.364. The highest BCUT2D eigenvalue weighted by atomic mass is 16.5. The maximum atomic E-state index is 10.8. The predicted molar refractivity (Wildman–Crippen MR) is 66.7 cm³/mol. The number of fused-ring (bicyclic) bond motifs is 1. The van der Waals surface area contributed by atoms with E-state index >= 15 is 0 Å². The Labute approximate surface area is 101 Å². The van der Waals surface area contributed by atoms with Crippen LogP contribution in [0.25, 0.3) is 0 Å². The van der Waals surface area contributed by atoms with Crippen molar-refractivity contribution in [3.63, 3.8) is 0 Å². The van der Waals surface area contributed by atoms with E-state index in [1.807, 2.05) is 0 Å². The Morgan fingerprint density at radius 2 is 2.24 bits per heavy atom. The molecule has 2 rings (SSSR count). The number of hydrogen-bond acceptors (Lipinski definition) is 4. The van der Waals surface area contributed by atoms with Gasteiger partial charge in [-0.25, -0.2) is 0 Å². The van der Waals surface area contributed by atoms with Crippen LogP contribution in [-0.4, -0.2) is 24.6 Å². The highest BCUT2D eigenvalue weighted by Gasteiger charge is 2.27. The Morgan fingerprint density at radius 3 is 2.76 bits per heavy atom. The molecule has 1 aliphatic rings. The van der Waals surface area contributed by atoms with Crippen molar-refractivity contribution in [2.45, 2.75) is 20.0 Å². The molecule has 0 unspecified atom stereocenters. The zero-order chi connectivity index (χ0) is 12.8. The average Bonchev–Trinajstić information content (AvgIpc) is 2.71. The highest BCUT2D eigenvalue weighted by molar-refractivity contribution is 6.61. The molecule has 5 N–H and O–H groups in total. The first-order chi connectivity index (χ1) is 8.10. The third-order valence-electron chi connectivity index (χ3n) is 2.38. The molecule has 1 aliphatic heterocycles. The molecule has 0 fully saturated rings. The summed E-state index contributed by atoms with van der Waals surface area (Å²) in [7, 11) is -0.922. The summed E-state index contributed by atoms with van der Waals surface area (Å²) in [5, 5.41) is 9.31. The summed E-state index contributed by atoms with van der Waals surface area (Å²) in [5.41, 5.74) is 12.0. The Kier molecular flexibility index (Phi) is 5.15. The summed E-state index contributed by atoms with van der Waals surface area (Å²) in [4.78, 5) is 10.8. The molecule has 0 radical (unpaired) electrons. The van der Waals surface area contributed by atoms with Crippen molar-refractivity contribution < 1.29 is 14.5 Å². The van der Waals surface area contributed by atoms with Crippen molar-refractivity contribution in [3.8, 4) is 0 Å². The second-order valence-electron chi connectivity index (χ2n) is 3.73. The van der Waals surface area contributed by atoms with Gasteiger partial charge in [0.1, 0.15) is 0 Å². The predicted octanol–water partition coefficient (Wildman–Crippen LogP) is -0.642. The number of primary amides is 1. The van der Waals surface area contributed by atoms with Crippen LogP contribution in [0.1, 0.15) is 29.3 Å². The normalized spacial score (nSPS) is 12.8. The Morgan fingerprint density at radius 1 is 1.59 bits per heavy atom. The van der Waals surface area contributed by atoms with Crippen LogP contribution in [0.5, 0.6) is 0 Å². The van der Waals surface area contributed by atoms with Gasteiger partial charge in [0.05, 0.1) is 6.61 Å². The van der Waals surface area contributed by atoms with E-state index in [-0.39, 0.29) is 0 Å². The largest absolute Gasteiger partial charge is 0.491 e. The first kappa shape index (κ1) is 13.7. The fourth-order valence-corrected chi connectivity index (χ4v) is 1.37. The Hall–Kier alpha value is -1.37. The third kappa shape index (κ3) is 3.56. The molecule has 17 heavy (non-hydrogen) atoms. The van der Waals surface area contributed by atoms with Gasteiger partial charge >= 0.3 is 7.12 Å². The van der Waals surface area contributed by atoms with Gasteiger partial charge in [-0.2, -0.15) is 0 Å². The van der Waals surface area contributed by atoms with Gasteiger partial charge < -0.3 is 21.1 Å². The fourth-order valence-electron chi connectivity index (χ4n) is 1.37. The number of hydrogen-bond donors (Lipinski definition) is 3. The second-order valence-corrected chi connectivity index (χ2v) is 3.73. The van der Waals surface area contributed by atoms with Crippen LogP contribution in [0, 0.1) is 0 Å². The van der Waals surface area contributed by atoms with Crippen LogP contribution < -0.4 is 16.9 Å². The van der Waals surface area contributed by atoms with Gasteiger partial charge in [-0.05, 0) is 36.1 Å². The van der Waals surface area contributed by atoms with Crippen LogP contribution in [0.2, 0.25) is 0 Å². The van der Waals surface area contributed by atoms with Crippen molar-refractivity contribution in [1.29, 1.82) is 0 Å². The lowest BCUT2D eigenvalue weighted by molar-refractivity contribution is 0.100. The molecule has 1 heterocycles. The minimum absolute atomic E-state index is 0.384. The number of amides is 1. The molecule has 0 spiro atoms. The molecular weight excluding hydrogens is 219 g/mol. The monoisotopic (exact) mass is 236 g/mol. The van der Waals surface area contributed by atoms with E-state index in [1.54, 1.807) is 18.2 Å². The maximum absolute atomic E-state index is 10.8. The molecule has 0 aliphatic carbocycles. The van der Waals surface area contributed by atoms with Gasteiger partial charge in [0.15, 0.2) is 0 Å². The number of rotatable bonds is 2. The lowest BCUT2D eigenvalue weighted by Gasteiger charge is -1.99. The van der Waals surface area contributed by atoms with Crippen LogP contribution in [-0.2, 0) is 11.3 Å². The van der Waals surface area contributed by atoms with Gasteiger partial charge in [-0.1, -0.05) is 13.0 Å². The molecule has 1 aromatic carbocycles. The summed E-state index contributed by atoms with van der Waals surface area (Å²) in [5.74, 6) is -0.498. The van der Waals surface area contributed by atoms with Crippen molar-refractivity contribution >= 4 is 18.5 Å². The molecule has 6 heteroatoms. The van der Waals surface area contributed by atoms with Gasteiger partial charge in [-0.15, -0.1) is 0 Å². The topological polar surface area (TPSA) is 98.6 Å². The van der Waals surface area contributed by atoms with E-state index in [9.17, 15) is 9.82 Å². The van der Waals surface area contributed by atoms with Crippen molar-refractivity contribution in [3.05, 3.63) is 29.3 Å². The maximum Gasteiger partial charge on any atom is 0.491 e. The molecule has 0 aromatic heterocycles. The number of benzene rings is 1. The minimum Gasteiger partial charge on any atom is -0.423 e. The van der Waals surface area contributed by atoms with E-state index < -0.39 is 13.0 Å². The molecular formula is C11H17BN2O3. The zero-order valence-corrected chi connectivity index (χ0v) is 9.85. The molecule has 0 saturated heterocycles. The van der Waals surface area contributed by atoms with Gasteiger partial charge in [0.25, 0.3) is 0 Å². The molecule has 0 atom stereocenters. The molecule has 0 bridgehead atoms. The van der Waals surface area contributed by atoms with E-state index in [1.165, 1.54) is 0 Å². The van der Waals surface area contributed by atoms with Gasteiger partial charge in [-0.3, -0.25) is 4.79 Å². The van der Waals surface area contributed by atoms with E-state index in [4.69, 9.17) is 16.1 Å². The SMILES string of the molecule is CCCN.NC(=O)c1ccc2c(c1)B(O)OC2. The third-order valence-corrected chi connectivity index (χ3v) is 2.38. The molecule has 0 saturated carbocycles. The van der Waals surface area contributed by atoms with Crippen LogP contribution in [0.15, 0.2) is 18.2 Å². The summed E-state index contributed by atoms with van der Waals surface area (Å²) in [6.07, 6.45) is 1.10. The zero-order valence-electron chi connectivity index (χ0n) is 9.85. The lowest BCUT2D eigenvalue weighted by atomic mass is 9.79. The lowest BCUT2D eigenvalue weighted by Crippen LogP contribution is -2.29. The van der Waals surface area contributed by atoms with Crippen molar-refractivity contribution in [1.82, 2.24) is 0 Å². The van der Waals surface area contributed by atoms with Crippen LogP contribution >= 0.6 is 0 Å². The van der Waals surface area contributed by atoms with Crippen LogP contribution in [0.3, 0.4) is 0 Å². The summed E-state index contributed by atoms with van der Waals surface area (Å²) >= 11 is 0. The summed E-state index contributed by atoms with van der Waals surface area (Å²) in [6, 6.07) is 4.93. The minimum atomic E-state index is -0.922. The standard InChI is InChI=1S/C8H8BNO3.C3H9N/c10-8(11)5-1-2-6-4-13-9(12)7(6)3-5;1-2-3-4/h1-3,12H,4H2,(H2,10,11);2-4H2,1H3. The summed E-state index contributed by atoms with van der Waals surface area (Å²) < 4.78 is 4.96. The molecule has 1 aromatic rings. The Bertz CT molecular complexity index is 396. The second kappa shape index (κ2) is 6.39. The first-order valence-electron chi connectivity index (χ1n) is 5.52. The first-order valence-corrected chi connectivity index (χ1v) is 5.52. The van der Waals surface area contributed by atoms with Crippen LogP contribution in [0.4, 0.5) is 0 Å². The van der Waals surface area contributed by atoms with E-state index in [2.05, 4.69) is 6.92 Å². The number of carbonyl (C=O) groups is 1. The highest BCUT2D eigenvalue weighted by Crippen LogP contribution is 2.10. The molecule has 5 nitrogen and oxygen atoms in total. The van der Waals surface area contributed by atoms with Crippen molar-refractivity contribution in [2.75, 3.05) is 6.54 Å². The number of carbonyl (C=O) groups excluding carboxylic acids is 1. The van der Waals surface area contributed by atoms with E-state index in [0.717, 1.165) is 18.5 Å². The summed E-state index contributed by atoms with van der Waals surface area (Å²) in [6.45, 7) is 3.26. The quantitative estimate of drug-likeness (QED) is 0.594. The average molecular weight is 236 g/mol. The van der Waals surface area contributed by atoms with Gasteiger partial charge in [0.2, 0.25) is 5.91 Å².